The average Bonchev–Trinajstić information content (AvgIpc) is 3.72. The first-order chi connectivity index (χ1) is 18.3. The van der Waals surface area contributed by atoms with Crippen molar-refractivity contribution in [2.75, 3.05) is 31.1 Å². The van der Waals surface area contributed by atoms with Gasteiger partial charge in [0.1, 0.15) is 5.92 Å². The first kappa shape index (κ1) is 24.9. The van der Waals surface area contributed by atoms with E-state index in [1.807, 2.05) is 23.1 Å². The molecule has 6 rings (SSSR count). The molecule has 196 valence electrons. The van der Waals surface area contributed by atoms with Gasteiger partial charge in [0.15, 0.2) is 5.82 Å². The highest BCUT2D eigenvalue weighted by Gasteiger charge is 2.44. The number of hydrogen-bond acceptors (Lipinski definition) is 5. The second kappa shape index (κ2) is 9.75. The summed E-state index contributed by atoms with van der Waals surface area (Å²) >= 11 is 12.6. The monoisotopic (exact) mass is 551 g/mol. The standard InChI is InChI=1S/C28H27Cl2N5O3/c1-17-25(28(38)33-13-11-32(12-14-33)20-5-3-2-4-6-20)26(19-9-10-21(29)22(30)15-19)34-23(31-17)16-24(36)35(34)27(37)18-7-8-18/h2-6,9-10,15-16,18,25-26H,7-8,11-14H2,1H3. The lowest BCUT2D eigenvalue weighted by molar-refractivity contribution is -0.134. The molecule has 8 nitrogen and oxygen atoms in total. The molecule has 2 aliphatic heterocycles. The maximum absolute atomic E-state index is 14.2. The molecule has 3 heterocycles. The zero-order chi connectivity index (χ0) is 26.6. The summed E-state index contributed by atoms with van der Waals surface area (Å²) in [5.74, 6) is -0.895. The van der Waals surface area contributed by atoms with E-state index in [0.29, 0.717) is 53.3 Å². The fraction of sp³-hybridized carbons (Fsp3) is 0.357. The molecule has 3 aromatic rings. The second-order valence-electron chi connectivity index (χ2n) is 10.1. The Kier molecular flexibility index (Phi) is 6.40. The van der Waals surface area contributed by atoms with E-state index in [-0.39, 0.29) is 17.7 Å². The summed E-state index contributed by atoms with van der Waals surface area (Å²) in [5, 5.41) is 0.721. The predicted molar refractivity (Wildman–Crippen MR) is 148 cm³/mol. The minimum absolute atomic E-state index is 0.0905. The number of carbonyl (C=O) groups is 2. The predicted octanol–water partition coefficient (Wildman–Crippen LogP) is 4.67. The Morgan fingerprint density at radius 1 is 0.895 bits per heavy atom. The van der Waals surface area contributed by atoms with Crippen LogP contribution in [-0.4, -0.2) is 58.0 Å². The Hall–Kier alpha value is -3.36. The van der Waals surface area contributed by atoms with E-state index < -0.39 is 17.5 Å². The molecule has 1 amide bonds. The quantitative estimate of drug-likeness (QED) is 0.472. The normalized spacial score (nSPS) is 21.2. The molecule has 2 unspecified atom stereocenters. The summed E-state index contributed by atoms with van der Waals surface area (Å²) in [5.41, 5.74) is 1.96. The van der Waals surface area contributed by atoms with Crippen molar-refractivity contribution >= 4 is 52.2 Å². The van der Waals surface area contributed by atoms with E-state index >= 15 is 0 Å². The van der Waals surface area contributed by atoms with Crippen LogP contribution in [0.25, 0.3) is 0 Å². The molecule has 1 aromatic heterocycles. The number of amides is 1. The Morgan fingerprint density at radius 3 is 2.26 bits per heavy atom. The van der Waals surface area contributed by atoms with Gasteiger partial charge in [0.2, 0.25) is 5.91 Å². The van der Waals surface area contributed by atoms with Gasteiger partial charge in [-0.1, -0.05) is 47.5 Å². The van der Waals surface area contributed by atoms with E-state index in [4.69, 9.17) is 23.2 Å². The summed E-state index contributed by atoms with van der Waals surface area (Å²) in [6.07, 6.45) is 1.50. The number of aromatic nitrogens is 2. The van der Waals surface area contributed by atoms with Crippen molar-refractivity contribution in [2.24, 2.45) is 16.8 Å². The Morgan fingerprint density at radius 2 is 1.61 bits per heavy atom. The summed E-state index contributed by atoms with van der Waals surface area (Å²) in [6.45, 7) is 4.32. The minimum Gasteiger partial charge on any atom is -0.368 e. The van der Waals surface area contributed by atoms with Crippen LogP contribution in [-0.2, 0) is 4.79 Å². The molecule has 0 N–H and O–H groups in total. The number of para-hydroxylation sites is 1. The van der Waals surface area contributed by atoms with Gasteiger partial charge in [0, 0.05) is 49.6 Å². The van der Waals surface area contributed by atoms with E-state index in [1.54, 1.807) is 29.8 Å². The van der Waals surface area contributed by atoms with Crippen LogP contribution in [0.4, 0.5) is 11.5 Å². The molecule has 0 radical (unpaired) electrons. The van der Waals surface area contributed by atoms with Crippen molar-refractivity contribution in [2.45, 2.75) is 25.8 Å². The molecule has 2 fully saturated rings. The van der Waals surface area contributed by atoms with Crippen LogP contribution in [0.2, 0.25) is 10.0 Å². The largest absolute Gasteiger partial charge is 0.368 e. The van der Waals surface area contributed by atoms with E-state index in [9.17, 15) is 14.4 Å². The zero-order valence-electron chi connectivity index (χ0n) is 20.9. The van der Waals surface area contributed by atoms with E-state index in [1.165, 1.54) is 10.7 Å². The number of fused-ring (bicyclic) bond motifs is 1. The smallest absolute Gasteiger partial charge is 0.276 e. The highest BCUT2D eigenvalue weighted by atomic mass is 35.5. The van der Waals surface area contributed by atoms with Gasteiger partial charge >= 0.3 is 0 Å². The number of anilines is 1. The molecule has 0 spiro atoms. The maximum atomic E-state index is 14.2. The second-order valence-corrected chi connectivity index (χ2v) is 10.9. The van der Waals surface area contributed by atoms with E-state index in [2.05, 4.69) is 22.0 Å². The van der Waals surface area contributed by atoms with Crippen molar-refractivity contribution in [3.05, 3.63) is 80.6 Å². The van der Waals surface area contributed by atoms with Gasteiger partial charge < -0.3 is 9.80 Å². The van der Waals surface area contributed by atoms with Crippen molar-refractivity contribution in [3.63, 3.8) is 0 Å². The number of nitrogens with zero attached hydrogens (tertiary/aromatic N) is 5. The molecule has 1 saturated carbocycles. The third-order valence-electron chi connectivity index (χ3n) is 7.63. The van der Waals surface area contributed by atoms with Crippen LogP contribution >= 0.6 is 23.2 Å². The molecule has 10 heteroatoms. The summed E-state index contributed by atoms with van der Waals surface area (Å²) < 4.78 is 2.77. The van der Waals surface area contributed by atoms with Gasteiger partial charge in [-0.3, -0.25) is 14.4 Å². The van der Waals surface area contributed by atoms with Crippen LogP contribution in [0.5, 0.6) is 0 Å². The molecule has 2 atom stereocenters. The highest BCUT2D eigenvalue weighted by Crippen LogP contribution is 2.40. The van der Waals surface area contributed by atoms with Crippen LogP contribution in [0, 0.1) is 11.8 Å². The number of benzene rings is 2. The van der Waals surface area contributed by atoms with Gasteiger partial charge in [-0.05, 0) is 49.6 Å². The number of piperazine rings is 1. The number of aliphatic imine (C=N–C) groups is 1. The fourth-order valence-corrected chi connectivity index (χ4v) is 5.81. The van der Waals surface area contributed by atoms with Gasteiger partial charge in [-0.2, -0.15) is 4.68 Å². The fourth-order valence-electron chi connectivity index (χ4n) is 5.50. The molecule has 1 aliphatic carbocycles. The summed E-state index contributed by atoms with van der Waals surface area (Å²) in [7, 11) is 0. The van der Waals surface area contributed by atoms with Gasteiger partial charge in [0.05, 0.1) is 16.1 Å². The molecular formula is C28H27Cl2N5O3. The molecular weight excluding hydrogens is 525 g/mol. The van der Waals surface area contributed by atoms with Crippen molar-refractivity contribution in [1.82, 2.24) is 14.3 Å². The van der Waals surface area contributed by atoms with Crippen molar-refractivity contribution < 1.29 is 9.59 Å². The van der Waals surface area contributed by atoms with Crippen LogP contribution < -0.4 is 10.5 Å². The lowest BCUT2D eigenvalue weighted by atomic mass is 9.87. The number of carbonyl (C=O) groups excluding carboxylic acids is 2. The van der Waals surface area contributed by atoms with Crippen molar-refractivity contribution in [1.29, 1.82) is 0 Å². The highest BCUT2D eigenvalue weighted by molar-refractivity contribution is 6.42. The third-order valence-corrected chi connectivity index (χ3v) is 8.37. The summed E-state index contributed by atoms with van der Waals surface area (Å²) in [4.78, 5) is 49.2. The summed E-state index contributed by atoms with van der Waals surface area (Å²) in [6, 6.07) is 16.0. The molecule has 0 bridgehead atoms. The topological polar surface area (TPSA) is 79.9 Å². The molecule has 1 saturated heterocycles. The number of halogens is 2. The Bertz CT molecular complexity index is 1500. The first-order valence-electron chi connectivity index (χ1n) is 12.8. The minimum atomic E-state index is -0.715. The zero-order valence-corrected chi connectivity index (χ0v) is 22.4. The Labute approximate surface area is 230 Å². The van der Waals surface area contributed by atoms with Crippen LogP contribution in [0.3, 0.4) is 0 Å². The molecule has 2 aromatic carbocycles. The third kappa shape index (κ3) is 4.35. The maximum Gasteiger partial charge on any atom is 0.276 e. The lowest BCUT2D eigenvalue weighted by Crippen LogP contribution is -2.53. The van der Waals surface area contributed by atoms with Gasteiger partial charge in [-0.15, -0.1) is 0 Å². The van der Waals surface area contributed by atoms with Crippen LogP contribution in [0.15, 0.2) is 64.4 Å². The van der Waals surface area contributed by atoms with Gasteiger partial charge in [-0.25, -0.2) is 9.67 Å². The first-order valence-corrected chi connectivity index (χ1v) is 13.6. The lowest BCUT2D eigenvalue weighted by Gasteiger charge is -2.40. The number of hydrogen-bond donors (Lipinski definition) is 0. The molecule has 3 aliphatic rings. The average molecular weight is 552 g/mol. The SMILES string of the molecule is CC1=Nc2cc(=O)n(C(=O)C3CC3)n2C(c2ccc(Cl)c(Cl)c2)C1C(=O)N1CCN(c2ccccc2)CC1. The van der Waals surface area contributed by atoms with Crippen LogP contribution in [0.1, 0.15) is 36.2 Å². The van der Waals surface area contributed by atoms with E-state index in [0.717, 1.165) is 18.5 Å². The molecule has 38 heavy (non-hydrogen) atoms. The number of rotatable bonds is 4. The van der Waals surface area contributed by atoms with Gasteiger partial charge in [0.25, 0.3) is 11.5 Å². The Balaban J connectivity index is 1.38. The van der Waals surface area contributed by atoms with Crippen molar-refractivity contribution in [3.8, 4) is 0 Å².